The molecular formula is C16H28N4O2S. The van der Waals surface area contributed by atoms with Crippen LogP contribution in [0, 0.1) is 5.41 Å². The molecule has 0 spiro atoms. The lowest BCUT2D eigenvalue weighted by Crippen LogP contribution is -2.44. The van der Waals surface area contributed by atoms with E-state index < -0.39 is 0 Å². The molecule has 23 heavy (non-hydrogen) atoms. The first-order chi connectivity index (χ1) is 11.2. The molecule has 130 valence electrons. The van der Waals surface area contributed by atoms with Crippen LogP contribution in [0.4, 0.5) is 0 Å². The summed E-state index contributed by atoms with van der Waals surface area (Å²) in [6, 6.07) is 0. The van der Waals surface area contributed by atoms with Gasteiger partial charge in [-0.25, -0.2) is 9.98 Å². The second-order valence-corrected chi connectivity index (χ2v) is 7.10. The zero-order valence-corrected chi connectivity index (χ0v) is 14.9. The van der Waals surface area contributed by atoms with Crippen molar-refractivity contribution in [3.63, 3.8) is 0 Å². The molecule has 0 amide bonds. The second kappa shape index (κ2) is 9.20. The molecule has 0 bridgehead atoms. The van der Waals surface area contributed by atoms with Gasteiger partial charge < -0.3 is 20.5 Å². The highest BCUT2D eigenvalue weighted by atomic mass is 32.1. The van der Waals surface area contributed by atoms with E-state index in [1.54, 1.807) is 11.3 Å². The summed E-state index contributed by atoms with van der Waals surface area (Å²) in [5.74, 6) is 0.796. The van der Waals surface area contributed by atoms with Crippen LogP contribution in [0.3, 0.4) is 0 Å². The van der Waals surface area contributed by atoms with Crippen molar-refractivity contribution < 1.29 is 9.84 Å². The van der Waals surface area contributed by atoms with E-state index in [1.807, 2.05) is 6.20 Å². The first-order valence-corrected chi connectivity index (χ1v) is 9.17. The van der Waals surface area contributed by atoms with Gasteiger partial charge in [-0.2, -0.15) is 0 Å². The molecule has 1 saturated heterocycles. The van der Waals surface area contributed by atoms with E-state index in [0.29, 0.717) is 13.2 Å². The Bertz CT molecular complexity index is 498. The van der Waals surface area contributed by atoms with E-state index in [0.717, 1.165) is 49.9 Å². The van der Waals surface area contributed by atoms with Crippen LogP contribution in [0.2, 0.25) is 0 Å². The molecule has 7 heteroatoms. The Morgan fingerprint density at radius 1 is 1.48 bits per heavy atom. The molecule has 2 rings (SSSR count). The number of hydrogen-bond donors (Lipinski definition) is 3. The Balaban J connectivity index is 1.92. The first-order valence-electron chi connectivity index (χ1n) is 8.35. The molecule has 0 saturated carbocycles. The van der Waals surface area contributed by atoms with Gasteiger partial charge >= 0.3 is 0 Å². The number of rotatable bonds is 8. The zero-order valence-electron chi connectivity index (χ0n) is 14.1. The van der Waals surface area contributed by atoms with Gasteiger partial charge in [0.05, 0.1) is 13.2 Å². The Hall–Kier alpha value is -1.18. The third-order valence-corrected chi connectivity index (χ3v) is 5.25. The number of aromatic nitrogens is 1. The van der Waals surface area contributed by atoms with Crippen molar-refractivity contribution in [3.05, 3.63) is 16.1 Å². The number of nitrogens with one attached hydrogen (secondary N) is 2. The van der Waals surface area contributed by atoms with Crippen molar-refractivity contribution >= 4 is 17.3 Å². The number of guanidine groups is 1. The van der Waals surface area contributed by atoms with Gasteiger partial charge in [0.2, 0.25) is 0 Å². The van der Waals surface area contributed by atoms with Crippen LogP contribution < -0.4 is 10.6 Å². The summed E-state index contributed by atoms with van der Waals surface area (Å²) in [6.45, 7) is 8.01. The maximum atomic E-state index is 9.30. The van der Waals surface area contributed by atoms with Crippen molar-refractivity contribution in [1.29, 1.82) is 0 Å². The van der Waals surface area contributed by atoms with E-state index in [-0.39, 0.29) is 12.0 Å². The molecule has 1 fully saturated rings. The SMILES string of the molecule is CCNC(=NCc1ncc(CC)s1)NCC1(CCO)CCOC1. The van der Waals surface area contributed by atoms with E-state index in [9.17, 15) is 5.11 Å². The fourth-order valence-electron chi connectivity index (χ4n) is 2.66. The van der Waals surface area contributed by atoms with Crippen LogP contribution in [-0.4, -0.2) is 49.0 Å². The normalized spacial score (nSPS) is 21.6. The number of nitrogens with zero attached hydrogens (tertiary/aromatic N) is 2. The fourth-order valence-corrected chi connectivity index (χ4v) is 3.44. The van der Waals surface area contributed by atoms with Crippen molar-refractivity contribution in [3.8, 4) is 0 Å². The molecule has 1 aromatic heterocycles. The van der Waals surface area contributed by atoms with Crippen LogP contribution in [-0.2, 0) is 17.7 Å². The molecular weight excluding hydrogens is 312 g/mol. The molecule has 1 aliphatic heterocycles. The largest absolute Gasteiger partial charge is 0.396 e. The number of aryl methyl sites for hydroxylation is 1. The molecule has 1 aliphatic rings. The quantitative estimate of drug-likeness (QED) is 0.494. The second-order valence-electron chi connectivity index (χ2n) is 5.90. The lowest BCUT2D eigenvalue weighted by molar-refractivity contribution is 0.127. The predicted octanol–water partition coefficient (Wildman–Crippen LogP) is 1.55. The van der Waals surface area contributed by atoms with Gasteiger partial charge in [0.15, 0.2) is 5.96 Å². The molecule has 1 atom stereocenters. The maximum absolute atomic E-state index is 9.30. The van der Waals surface area contributed by atoms with Gasteiger partial charge in [-0.05, 0) is 26.2 Å². The van der Waals surface area contributed by atoms with Crippen molar-refractivity contribution in [2.24, 2.45) is 10.4 Å². The molecule has 2 heterocycles. The van der Waals surface area contributed by atoms with Crippen LogP contribution in [0.15, 0.2) is 11.2 Å². The van der Waals surface area contributed by atoms with Crippen LogP contribution in [0.25, 0.3) is 0 Å². The number of ether oxygens (including phenoxy) is 1. The zero-order chi connectivity index (χ0) is 16.5. The Kier molecular flexibility index (Phi) is 7.26. The Morgan fingerprint density at radius 3 is 2.96 bits per heavy atom. The fraction of sp³-hybridized carbons (Fsp3) is 0.750. The topological polar surface area (TPSA) is 78.8 Å². The van der Waals surface area contributed by atoms with Crippen molar-refractivity contribution in [2.45, 2.75) is 39.7 Å². The highest BCUT2D eigenvalue weighted by molar-refractivity contribution is 7.11. The summed E-state index contributed by atoms with van der Waals surface area (Å²) < 4.78 is 5.53. The molecule has 1 unspecified atom stereocenters. The van der Waals surface area contributed by atoms with Crippen molar-refractivity contribution in [2.75, 3.05) is 32.9 Å². The van der Waals surface area contributed by atoms with Gasteiger partial charge in [0, 0.05) is 42.8 Å². The van der Waals surface area contributed by atoms with Gasteiger partial charge in [-0.3, -0.25) is 0 Å². The summed E-state index contributed by atoms with van der Waals surface area (Å²) >= 11 is 1.72. The summed E-state index contributed by atoms with van der Waals surface area (Å²) in [5.41, 5.74) is 0.0154. The van der Waals surface area contributed by atoms with E-state index in [4.69, 9.17) is 4.74 Å². The van der Waals surface area contributed by atoms with Crippen LogP contribution in [0.5, 0.6) is 0 Å². The highest BCUT2D eigenvalue weighted by Gasteiger charge is 2.34. The average Bonchev–Trinajstić information content (AvgIpc) is 3.20. The highest BCUT2D eigenvalue weighted by Crippen LogP contribution is 2.31. The monoisotopic (exact) mass is 340 g/mol. The lowest BCUT2D eigenvalue weighted by Gasteiger charge is -2.27. The molecule has 0 aliphatic carbocycles. The first kappa shape index (κ1) is 18.2. The number of aliphatic hydroxyl groups is 1. The molecule has 6 nitrogen and oxygen atoms in total. The minimum atomic E-state index is 0.0154. The predicted molar refractivity (Wildman–Crippen MR) is 93.9 cm³/mol. The minimum absolute atomic E-state index is 0.0154. The maximum Gasteiger partial charge on any atom is 0.191 e. The van der Waals surface area contributed by atoms with Crippen LogP contribution in [0.1, 0.15) is 36.6 Å². The standard InChI is InChI=1S/C16H28N4O2S/c1-3-13-9-18-14(23-13)10-19-15(17-4-2)20-11-16(5-7-21)6-8-22-12-16/h9,21H,3-8,10-12H2,1-2H3,(H2,17,19,20). The van der Waals surface area contributed by atoms with Gasteiger partial charge in [-0.15, -0.1) is 11.3 Å². The van der Waals surface area contributed by atoms with E-state index in [2.05, 4.69) is 34.5 Å². The molecule has 1 aromatic rings. The average molecular weight is 340 g/mol. The van der Waals surface area contributed by atoms with Crippen molar-refractivity contribution in [1.82, 2.24) is 15.6 Å². The summed E-state index contributed by atoms with van der Waals surface area (Å²) in [6.07, 6.45) is 4.68. The summed E-state index contributed by atoms with van der Waals surface area (Å²) in [4.78, 5) is 10.3. The smallest absolute Gasteiger partial charge is 0.191 e. The van der Waals surface area contributed by atoms with Gasteiger partial charge in [0.1, 0.15) is 5.01 Å². The Morgan fingerprint density at radius 2 is 2.35 bits per heavy atom. The molecule has 0 radical (unpaired) electrons. The van der Waals surface area contributed by atoms with Gasteiger partial charge in [0.25, 0.3) is 0 Å². The van der Waals surface area contributed by atoms with E-state index >= 15 is 0 Å². The molecule has 0 aromatic carbocycles. The third kappa shape index (κ3) is 5.44. The third-order valence-electron chi connectivity index (χ3n) is 4.12. The minimum Gasteiger partial charge on any atom is -0.396 e. The Labute approximate surface area is 142 Å². The number of aliphatic hydroxyl groups excluding tert-OH is 1. The lowest BCUT2D eigenvalue weighted by atomic mass is 9.84. The number of thiazole rings is 1. The summed E-state index contributed by atoms with van der Waals surface area (Å²) in [7, 11) is 0. The molecule has 3 N–H and O–H groups in total. The number of hydrogen-bond acceptors (Lipinski definition) is 5. The van der Waals surface area contributed by atoms with Crippen LogP contribution >= 0.6 is 11.3 Å². The number of aliphatic imine (C=N–C) groups is 1. The van der Waals surface area contributed by atoms with Gasteiger partial charge in [-0.1, -0.05) is 6.92 Å². The summed E-state index contributed by atoms with van der Waals surface area (Å²) in [5, 5.41) is 17.0. The van der Waals surface area contributed by atoms with E-state index in [1.165, 1.54) is 4.88 Å².